The zero-order valence-corrected chi connectivity index (χ0v) is 15.6. The third-order valence-corrected chi connectivity index (χ3v) is 9.18. The second kappa shape index (κ2) is 7.50. The molecule has 0 aliphatic heterocycles. The molecule has 2 amide bonds. The molecule has 0 aliphatic carbocycles. The van der Waals surface area contributed by atoms with Gasteiger partial charge in [-0.2, -0.15) is 0 Å². The Labute approximate surface area is 116 Å². The van der Waals surface area contributed by atoms with Gasteiger partial charge in [-0.3, -0.25) is 0 Å². The maximum absolute atomic E-state index is 11.4. The van der Waals surface area contributed by atoms with Gasteiger partial charge in [-0.05, 0) is 0 Å². The van der Waals surface area contributed by atoms with Crippen LogP contribution < -0.4 is 13.8 Å². The number of carbonyl (C=O) groups is 2. The second-order valence-corrected chi connectivity index (χ2v) is 16.2. The number of carbonyl (C=O) groups excluding carboxylic acids is 2. The first-order valence-electron chi connectivity index (χ1n) is 6.09. The second-order valence-electron chi connectivity index (χ2n) is 4.59. The molecule has 0 atom stereocenters. The quantitative estimate of drug-likeness (QED) is 0.653. The van der Waals surface area contributed by atoms with Gasteiger partial charge in [0.25, 0.3) is 0 Å². The number of rotatable bonds is 5. The zero-order valence-electron chi connectivity index (χ0n) is 11.1. The van der Waals surface area contributed by atoms with E-state index in [0.717, 1.165) is 5.56 Å². The van der Waals surface area contributed by atoms with Crippen LogP contribution in [-0.4, -0.2) is 41.1 Å². The van der Waals surface area contributed by atoms with Crippen LogP contribution in [0.15, 0.2) is 24.3 Å². The van der Waals surface area contributed by atoms with Crippen molar-refractivity contribution in [2.24, 2.45) is 0 Å². The van der Waals surface area contributed by atoms with E-state index < -0.39 is 22.7 Å². The van der Waals surface area contributed by atoms with Crippen molar-refractivity contribution in [3.05, 3.63) is 29.8 Å². The van der Waals surface area contributed by atoms with Gasteiger partial charge < -0.3 is 0 Å². The molecule has 0 heterocycles. The predicted molar refractivity (Wildman–Crippen MR) is 74.1 cm³/mol. The molecule has 1 rings (SSSR count). The number of amides is 2. The molecule has 1 aromatic carbocycles. The van der Waals surface area contributed by atoms with Crippen LogP contribution in [0.25, 0.3) is 0 Å². The van der Waals surface area contributed by atoms with Gasteiger partial charge >= 0.3 is 117 Å². The SMILES string of the molecule is CC(=O)NCC(=O)NCc1ccc[c]([Tl]([CH3])[CH3])c1. The van der Waals surface area contributed by atoms with Crippen LogP contribution in [-0.2, 0) is 16.1 Å². The number of hydrogen-bond donors (Lipinski definition) is 2. The van der Waals surface area contributed by atoms with Crippen LogP contribution in [0.1, 0.15) is 12.5 Å². The fourth-order valence-corrected chi connectivity index (χ4v) is 5.59. The fourth-order valence-electron chi connectivity index (χ4n) is 1.53. The summed E-state index contributed by atoms with van der Waals surface area (Å²) >= 11 is -1.57. The van der Waals surface area contributed by atoms with Gasteiger partial charge in [-0.1, -0.05) is 0 Å². The zero-order chi connectivity index (χ0) is 13.5. The van der Waals surface area contributed by atoms with Crippen LogP contribution in [0.4, 0.5) is 0 Å². The van der Waals surface area contributed by atoms with E-state index in [1.807, 2.05) is 12.1 Å². The summed E-state index contributed by atoms with van der Waals surface area (Å²) in [6, 6.07) is 8.42. The van der Waals surface area contributed by atoms with Crippen molar-refractivity contribution in [3.8, 4) is 0 Å². The molecular weight excluding hydrogens is 421 g/mol. The van der Waals surface area contributed by atoms with E-state index in [1.165, 1.54) is 10.0 Å². The summed E-state index contributed by atoms with van der Waals surface area (Å²) < 4.78 is 6.19. The van der Waals surface area contributed by atoms with E-state index in [4.69, 9.17) is 0 Å². The molecule has 1 aromatic rings. The first-order chi connectivity index (χ1) is 8.49. The Morgan fingerprint density at radius 1 is 1.22 bits per heavy atom. The van der Waals surface area contributed by atoms with Gasteiger partial charge in [0, 0.05) is 0 Å². The normalized spacial score (nSPS) is 9.72. The van der Waals surface area contributed by atoms with Gasteiger partial charge in [0.1, 0.15) is 0 Å². The fraction of sp³-hybridized carbons (Fsp3) is 0.385. The molecule has 2 N–H and O–H groups in total. The van der Waals surface area contributed by atoms with Crippen molar-refractivity contribution in [1.29, 1.82) is 0 Å². The monoisotopic (exact) mass is 440 g/mol. The average molecular weight is 440 g/mol. The molecule has 0 spiro atoms. The predicted octanol–water partition coefficient (Wildman–Crippen LogP) is 0.400. The molecule has 0 saturated heterocycles. The molecule has 0 radical (unpaired) electrons. The minimum absolute atomic E-state index is 0.0409. The first-order valence-corrected chi connectivity index (χ1v) is 17.3. The molecule has 18 heavy (non-hydrogen) atoms. The summed E-state index contributed by atoms with van der Waals surface area (Å²) in [5.41, 5.74) is 1.12. The van der Waals surface area contributed by atoms with Crippen LogP contribution in [0, 0.1) is 0 Å². The maximum atomic E-state index is 11.4. The Balaban J connectivity index is 2.45. The summed E-state index contributed by atoms with van der Waals surface area (Å²) in [4.78, 5) is 22.1. The van der Waals surface area contributed by atoms with Crippen molar-refractivity contribution < 1.29 is 9.59 Å². The molecular formula is C13H19N2O2Tl. The van der Waals surface area contributed by atoms with Crippen LogP contribution in [0.2, 0.25) is 8.97 Å². The van der Waals surface area contributed by atoms with E-state index >= 15 is 0 Å². The Kier molecular flexibility index (Phi) is 6.31. The Morgan fingerprint density at radius 3 is 2.56 bits per heavy atom. The van der Waals surface area contributed by atoms with E-state index in [0.29, 0.717) is 6.54 Å². The van der Waals surface area contributed by atoms with Crippen molar-refractivity contribution >= 4 is 37.6 Å². The molecule has 0 bridgehead atoms. The van der Waals surface area contributed by atoms with Crippen molar-refractivity contribution in [1.82, 2.24) is 10.6 Å². The van der Waals surface area contributed by atoms with Crippen LogP contribution in [0.5, 0.6) is 0 Å². The summed E-state index contributed by atoms with van der Waals surface area (Å²) in [5.74, 6) is -0.355. The van der Waals surface area contributed by atoms with E-state index in [2.05, 4.69) is 31.7 Å². The third-order valence-electron chi connectivity index (χ3n) is 2.61. The molecule has 0 aliphatic rings. The molecule has 96 valence electrons. The summed E-state index contributed by atoms with van der Waals surface area (Å²) in [7, 11) is 0. The Bertz CT molecular complexity index is 433. The van der Waals surface area contributed by atoms with Gasteiger partial charge in [0.05, 0.1) is 0 Å². The van der Waals surface area contributed by atoms with Crippen molar-refractivity contribution in [3.63, 3.8) is 0 Å². The van der Waals surface area contributed by atoms with Gasteiger partial charge in [0.2, 0.25) is 0 Å². The van der Waals surface area contributed by atoms with Crippen LogP contribution in [0.3, 0.4) is 0 Å². The van der Waals surface area contributed by atoms with E-state index in [1.54, 1.807) is 0 Å². The summed E-state index contributed by atoms with van der Waals surface area (Å²) in [5, 5.41) is 5.26. The Morgan fingerprint density at radius 2 is 1.94 bits per heavy atom. The number of nitrogens with one attached hydrogen (secondary N) is 2. The van der Waals surface area contributed by atoms with Crippen molar-refractivity contribution in [2.45, 2.75) is 22.4 Å². The number of hydrogen-bond acceptors (Lipinski definition) is 2. The molecule has 0 unspecified atom stereocenters. The first kappa shape index (κ1) is 15.1. The molecule has 4 nitrogen and oxygen atoms in total. The van der Waals surface area contributed by atoms with Crippen molar-refractivity contribution in [2.75, 3.05) is 6.54 Å². The Hall–Kier alpha value is -0.918. The number of benzene rings is 1. The summed E-state index contributed by atoms with van der Waals surface area (Å²) in [6.45, 7) is 1.96. The standard InChI is InChI=1S/C11H13N2O2.2CH3.Tl/c1-9(14)12-8-11(15)13-7-10-5-3-2-4-6-10;;;/h2-3,5-6H,7-8H2,1H3,(H,12,14)(H,13,15);2*1H3;. The van der Waals surface area contributed by atoms with Gasteiger partial charge in [-0.15, -0.1) is 0 Å². The third kappa shape index (κ3) is 5.61. The summed E-state index contributed by atoms with van der Waals surface area (Å²) in [6.07, 6.45) is 0. The van der Waals surface area contributed by atoms with Crippen LogP contribution >= 0.6 is 0 Å². The van der Waals surface area contributed by atoms with E-state index in [-0.39, 0.29) is 18.4 Å². The molecule has 5 heteroatoms. The minimum atomic E-state index is -1.57. The average Bonchev–Trinajstić information content (AvgIpc) is 2.34. The van der Waals surface area contributed by atoms with Gasteiger partial charge in [0.15, 0.2) is 0 Å². The van der Waals surface area contributed by atoms with E-state index in [9.17, 15) is 9.59 Å². The molecule has 0 saturated carbocycles. The topological polar surface area (TPSA) is 58.2 Å². The molecule has 0 fully saturated rings. The molecule has 0 aromatic heterocycles. The van der Waals surface area contributed by atoms with Gasteiger partial charge in [-0.25, -0.2) is 0 Å².